The van der Waals surface area contributed by atoms with Crippen LogP contribution in [-0.4, -0.2) is 31.4 Å². The monoisotopic (exact) mass is 307 g/mol. The number of carbonyl (C=O) groups excluding carboxylic acids is 1. The van der Waals surface area contributed by atoms with Crippen LogP contribution in [0.1, 0.15) is 43.0 Å². The Morgan fingerprint density at radius 1 is 1.29 bits per heavy atom. The van der Waals surface area contributed by atoms with E-state index in [4.69, 9.17) is 4.74 Å². The van der Waals surface area contributed by atoms with Gasteiger partial charge in [0.05, 0.1) is 12.7 Å². The van der Waals surface area contributed by atoms with Gasteiger partial charge in [0, 0.05) is 17.0 Å². The third-order valence-electron chi connectivity index (χ3n) is 4.10. The molecule has 1 saturated carbocycles. The summed E-state index contributed by atoms with van der Waals surface area (Å²) < 4.78 is 5.90. The van der Waals surface area contributed by atoms with Crippen LogP contribution in [-0.2, 0) is 4.74 Å². The SMILES string of the molecule is CSc1ccc(C(=O)NCCOC2CCCCC2C)cc1. The van der Waals surface area contributed by atoms with E-state index < -0.39 is 0 Å². The molecule has 0 bridgehead atoms. The maximum absolute atomic E-state index is 12.0. The minimum Gasteiger partial charge on any atom is -0.376 e. The number of hydrogen-bond acceptors (Lipinski definition) is 3. The van der Waals surface area contributed by atoms with E-state index in [0.717, 1.165) is 6.42 Å². The molecule has 0 aliphatic heterocycles. The summed E-state index contributed by atoms with van der Waals surface area (Å²) in [5.74, 6) is 0.622. The van der Waals surface area contributed by atoms with Crippen molar-refractivity contribution in [2.75, 3.05) is 19.4 Å². The van der Waals surface area contributed by atoms with E-state index in [-0.39, 0.29) is 5.91 Å². The minimum absolute atomic E-state index is 0.0251. The molecule has 0 heterocycles. The standard InChI is InChI=1S/C17H25NO2S/c1-13-5-3-4-6-16(13)20-12-11-18-17(19)14-7-9-15(21-2)10-8-14/h7-10,13,16H,3-6,11-12H2,1-2H3,(H,18,19). The van der Waals surface area contributed by atoms with Gasteiger partial charge in [0.1, 0.15) is 0 Å². The highest BCUT2D eigenvalue weighted by atomic mass is 32.2. The molecule has 21 heavy (non-hydrogen) atoms. The Morgan fingerprint density at radius 3 is 2.67 bits per heavy atom. The quantitative estimate of drug-likeness (QED) is 0.643. The molecule has 2 unspecified atom stereocenters. The molecular formula is C17H25NO2S. The molecule has 1 fully saturated rings. The molecule has 3 nitrogen and oxygen atoms in total. The number of carbonyl (C=O) groups is 1. The summed E-state index contributed by atoms with van der Waals surface area (Å²) in [6.07, 6.45) is 7.41. The predicted octanol–water partition coefficient (Wildman–Crippen LogP) is 3.73. The van der Waals surface area contributed by atoms with E-state index in [2.05, 4.69) is 12.2 Å². The minimum atomic E-state index is -0.0251. The third-order valence-corrected chi connectivity index (χ3v) is 4.85. The highest BCUT2D eigenvalue weighted by molar-refractivity contribution is 7.98. The smallest absolute Gasteiger partial charge is 0.251 e. The number of rotatable bonds is 6. The van der Waals surface area contributed by atoms with Crippen molar-refractivity contribution in [3.63, 3.8) is 0 Å². The number of ether oxygens (including phenoxy) is 1. The molecule has 4 heteroatoms. The zero-order chi connectivity index (χ0) is 15.1. The molecule has 116 valence electrons. The summed E-state index contributed by atoms with van der Waals surface area (Å²) in [5.41, 5.74) is 0.707. The number of amides is 1. The van der Waals surface area contributed by atoms with Gasteiger partial charge in [-0.15, -0.1) is 11.8 Å². The second kappa shape index (κ2) is 8.44. The third kappa shape index (κ3) is 5.04. The molecule has 2 rings (SSSR count). The molecule has 0 aromatic heterocycles. The number of nitrogens with one attached hydrogen (secondary N) is 1. The molecule has 0 saturated heterocycles. The number of hydrogen-bond donors (Lipinski definition) is 1. The molecule has 0 spiro atoms. The van der Waals surface area contributed by atoms with E-state index in [0.29, 0.717) is 30.7 Å². The normalized spacial score (nSPS) is 22.0. The second-order valence-corrected chi connectivity index (χ2v) is 6.54. The Morgan fingerprint density at radius 2 is 2.00 bits per heavy atom. The van der Waals surface area contributed by atoms with Crippen molar-refractivity contribution in [3.05, 3.63) is 29.8 Å². The maximum Gasteiger partial charge on any atom is 0.251 e. The highest BCUT2D eigenvalue weighted by Gasteiger charge is 2.21. The molecule has 1 aromatic rings. The van der Waals surface area contributed by atoms with E-state index in [1.54, 1.807) is 11.8 Å². The van der Waals surface area contributed by atoms with Crippen molar-refractivity contribution >= 4 is 17.7 Å². The first-order valence-corrected chi connectivity index (χ1v) is 8.97. The number of benzene rings is 1. The summed E-state index contributed by atoms with van der Waals surface area (Å²) in [7, 11) is 0. The Hall–Kier alpha value is -1.00. The van der Waals surface area contributed by atoms with Gasteiger partial charge in [-0.25, -0.2) is 0 Å². The van der Waals surface area contributed by atoms with Gasteiger partial charge < -0.3 is 10.1 Å². The summed E-state index contributed by atoms with van der Waals surface area (Å²) >= 11 is 1.67. The average molecular weight is 307 g/mol. The Kier molecular flexibility index (Phi) is 6.58. The van der Waals surface area contributed by atoms with Gasteiger partial charge in [-0.2, -0.15) is 0 Å². The van der Waals surface area contributed by atoms with Gasteiger partial charge >= 0.3 is 0 Å². The van der Waals surface area contributed by atoms with Gasteiger partial charge in [0.2, 0.25) is 0 Å². The van der Waals surface area contributed by atoms with Gasteiger partial charge in [-0.05, 0) is 49.3 Å². The van der Waals surface area contributed by atoms with Crippen molar-refractivity contribution in [2.45, 2.75) is 43.6 Å². The zero-order valence-corrected chi connectivity index (χ0v) is 13.7. The Labute approximate surface area is 131 Å². The van der Waals surface area contributed by atoms with Gasteiger partial charge in [-0.3, -0.25) is 4.79 Å². The van der Waals surface area contributed by atoms with E-state index in [1.807, 2.05) is 30.5 Å². The first-order chi connectivity index (χ1) is 10.2. The zero-order valence-electron chi connectivity index (χ0n) is 12.9. The van der Waals surface area contributed by atoms with Crippen LogP contribution in [0.2, 0.25) is 0 Å². The fraction of sp³-hybridized carbons (Fsp3) is 0.588. The van der Waals surface area contributed by atoms with Crippen LogP contribution in [0.15, 0.2) is 29.2 Å². The molecule has 1 aliphatic rings. The fourth-order valence-electron chi connectivity index (χ4n) is 2.75. The summed E-state index contributed by atoms with van der Waals surface area (Å²) in [4.78, 5) is 13.2. The molecule has 0 radical (unpaired) electrons. The van der Waals surface area contributed by atoms with Crippen LogP contribution in [0, 0.1) is 5.92 Å². The van der Waals surface area contributed by atoms with Crippen molar-refractivity contribution < 1.29 is 9.53 Å². The van der Waals surface area contributed by atoms with Gasteiger partial charge in [0.25, 0.3) is 5.91 Å². The van der Waals surface area contributed by atoms with E-state index >= 15 is 0 Å². The first-order valence-electron chi connectivity index (χ1n) is 7.74. The summed E-state index contributed by atoms with van der Waals surface area (Å²) in [6, 6.07) is 7.68. The highest BCUT2D eigenvalue weighted by Crippen LogP contribution is 2.25. The second-order valence-electron chi connectivity index (χ2n) is 5.66. The molecule has 2 atom stereocenters. The van der Waals surface area contributed by atoms with Crippen LogP contribution in [0.25, 0.3) is 0 Å². The van der Waals surface area contributed by atoms with Crippen LogP contribution < -0.4 is 5.32 Å². The molecule has 1 aliphatic carbocycles. The van der Waals surface area contributed by atoms with Crippen molar-refractivity contribution in [3.8, 4) is 0 Å². The van der Waals surface area contributed by atoms with Gasteiger partial charge in [0.15, 0.2) is 0 Å². The largest absolute Gasteiger partial charge is 0.376 e. The number of thioether (sulfide) groups is 1. The van der Waals surface area contributed by atoms with Crippen molar-refractivity contribution in [1.29, 1.82) is 0 Å². The summed E-state index contributed by atoms with van der Waals surface area (Å²) in [5, 5.41) is 2.92. The van der Waals surface area contributed by atoms with Crippen LogP contribution in [0.4, 0.5) is 0 Å². The molecule has 1 amide bonds. The van der Waals surface area contributed by atoms with Crippen molar-refractivity contribution in [1.82, 2.24) is 5.32 Å². The Balaban J connectivity index is 1.68. The lowest BCUT2D eigenvalue weighted by molar-refractivity contribution is -0.00293. The molecular weight excluding hydrogens is 282 g/mol. The maximum atomic E-state index is 12.0. The lowest BCUT2D eigenvalue weighted by Gasteiger charge is -2.28. The van der Waals surface area contributed by atoms with Crippen molar-refractivity contribution in [2.24, 2.45) is 5.92 Å². The molecule has 1 aromatic carbocycles. The van der Waals surface area contributed by atoms with E-state index in [1.165, 1.54) is 24.2 Å². The fourth-order valence-corrected chi connectivity index (χ4v) is 3.16. The lowest BCUT2D eigenvalue weighted by atomic mass is 9.88. The first kappa shape index (κ1) is 16.4. The average Bonchev–Trinajstić information content (AvgIpc) is 2.53. The van der Waals surface area contributed by atoms with Crippen LogP contribution in [0.5, 0.6) is 0 Å². The van der Waals surface area contributed by atoms with E-state index in [9.17, 15) is 4.79 Å². The predicted molar refractivity (Wildman–Crippen MR) is 87.9 cm³/mol. The van der Waals surface area contributed by atoms with Gasteiger partial charge in [-0.1, -0.05) is 19.8 Å². The Bertz CT molecular complexity index is 447. The van der Waals surface area contributed by atoms with Crippen LogP contribution >= 0.6 is 11.8 Å². The summed E-state index contributed by atoms with van der Waals surface area (Å²) in [6.45, 7) is 3.44. The lowest BCUT2D eigenvalue weighted by Crippen LogP contribution is -2.31. The molecule has 1 N–H and O–H groups in total. The topological polar surface area (TPSA) is 38.3 Å². The van der Waals surface area contributed by atoms with Crippen LogP contribution in [0.3, 0.4) is 0 Å².